The van der Waals surface area contributed by atoms with E-state index >= 15 is 0 Å². The van der Waals surface area contributed by atoms with E-state index in [1.54, 1.807) is 31.2 Å². The van der Waals surface area contributed by atoms with Crippen LogP contribution in [-0.4, -0.2) is 19.5 Å². The summed E-state index contributed by atoms with van der Waals surface area (Å²) in [6.45, 7) is 1.61. The number of hydrogen-bond donors (Lipinski definition) is 2. The highest BCUT2D eigenvalue weighted by Crippen LogP contribution is 2.30. The molecule has 140 valence electrons. The van der Waals surface area contributed by atoms with Crippen molar-refractivity contribution in [3.05, 3.63) is 69.5 Å². The molecule has 27 heavy (non-hydrogen) atoms. The molecule has 7 nitrogen and oxygen atoms in total. The second-order valence-corrected chi connectivity index (χ2v) is 8.39. The fourth-order valence-corrected chi connectivity index (χ4v) is 4.55. The Balaban J connectivity index is 1.87. The number of sulfonamides is 1. The maximum atomic E-state index is 12.6. The summed E-state index contributed by atoms with van der Waals surface area (Å²) in [5, 5.41) is 6.39. The van der Waals surface area contributed by atoms with E-state index in [2.05, 4.69) is 31.1 Å². The molecule has 3 aromatic rings. The molecule has 1 amide bonds. The second kappa shape index (κ2) is 7.71. The lowest BCUT2D eigenvalue weighted by atomic mass is 10.2. The van der Waals surface area contributed by atoms with Crippen molar-refractivity contribution in [2.45, 2.75) is 11.8 Å². The van der Waals surface area contributed by atoms with Crippen molar-refractivity contribution in [3.63, 3.8) is 0 Å². The number of halogens is 2. The first-order valence-corrected chi connectivity index (χ1v) is 10.2. The minimum absolute atomic E-state index is 0.0654. The average Bonchev–Trinajstić information content (AvgIpc) is 3.04. The highest BCUT2D eigenvalue weighted by molar-refractivity contribution is 9.10. The van der Waals surface area contributed by atoms with Gasteiger partial charge in [-0.3, -0.25) is 9.52 Å². The molecule has 0 saturated carbocycles. The largest absolute Gasteiger partial charge is 0.361 e. The van der Waals surface area contributed by atoms with Gasteiger partial charge in [-0.2, -0.15) is 0 Å². The van der Waals surface area contributed by atoms with Gasteiger partial charge in [0, 0.05) is 10.2 Å². The van der Waals surface area contributed by atoms with E-state index in [0.717, 1.165) is 0 Å². The summed E-state index contributed by atoms with van der Waals surface area (Å²) in [6, 6.07) is 10.9. The number of aromatic nitrogens is 1. The van der Waals surface area contributed by atoms with Gasteiger partial charge in [0.05, 0.1) is 16.9 Å². The maximum Gasteiger partial charge on any atom is 0.263 e. The quantitative estimate of drug-likeness (QED) is 0.573. The van der Waals surface area contributed by atoms with Crippen molar-refractivity contribution in [3.8, 4) is 0 Å². The van der Waals surface area contributed by atoms with E-state index < -0.39 is 15.9 Å². The summed E-state index contributed by atoms with van der Waals surface area (Å²) in [5.74, 6) is -0.0630. The predicted octanol–water partition coefficient (Wildman–Crippen LogP) is 4.45. The number of amides is 1. The van der Waals surface area contributed by atoms with Crippen LogP contribution in [0.3, 0.4) is 0 Å². The summed E-state index contributed by atoms with van der Waals surface area (Å²) in [6.07, 6.45) is 1.30. The van der Waals surface area contributed by atoms with Crippen molar-refractivity contribution in [1.29, 1.82) is 0 Å². The van der Waals surface area contributed by atoms with Gasteiger partial charge < -0.3 is 9.84 Å². The Labute approximate surface area is 168 Å². The van der Waals surface area contributed by atoms with Crippen LogP contribution in [0.5, 0.6) is 0 Å². The van der Waals surface area contributed by atoms with Gasteiger partial charge in [0.2, 0.25) is 0 Å². The molecule has 2 N–H and O–H groups in total. The zero-order chi connectivity index (χ0) is 19.6. The van der Waals surface area contributed by atoms with Crippen molar-refractivity contribution in [1.82, 2.24) is 5.16 Å². The van der Waals surface area contributed by atoms with Crippen LogP contribution in [0.1, 0.15) is 16.1 Å². The fraction of sp³-hybridized carbons (Fsp3) is 0.0588. The maximum absolute atomic E-state index is 12.6. The molecule has 0 fully saturated rings. The normalized spacial score (nSPS) is 11.2. The molecule has 1 aromatic heterocycles. The summed E-state index contributed by atoms with van der Waals surface area (Å²) < 4.78 is 33.0. The van der Waals surface area contributed by atoms with Gasteiger partial charge in [-0.25, -0.2) is 8.42 Å². The Morgan fingerprint density at radius 3 is 2.63 bits per heavy atom. The lowest BCUT2D eigenvalue weighted by molar-refractivity contribution is 0.102. The van der Waals surface area contributed by atoms with Crippen molar-refractivity contribution < 1.29 is 17.7 Å². The standard InChI is InChI=1S/C17H13BrClN3O4S/c1-10-12(9-20-26-10)17(23)21-11-6-7-14(19)15(8-11)22-27(24,25)16-5-3-2-4-13(16)18/h2-9,22H,1H3,(H,21,23). The van der Waals surface area contributed by atoms with E-state index in [0.29, 0.717) is 15.9 Å². The van der Waals surface area contributed by atoms with Gasteiger partial charge in [-0.1, -0.05) is 28.9 Å². The smallest absolute Gasteiger partial charge is 0.263 e. The van der Waals surface area contributed by atoms with Gasteiger partial charge in [-0.05, 0) is 53.2 Å². The van der Waals surface area contributed by atoms with Gasteiger partial charge in [0.25, 0.3) is 15.9 Å². The molecule has 0 aliphatic heterocycles. The fourth-order valence-electron chi connectivity index (χ4n) is 2.26. The third-order valence-corrected chi connectivity index (χ3v) is 6.30. The first kappa shape index (κ1) is 19.4. The Morgan fingerprint density at radius 2 is 1.96 bits per heavy atom. The number of hydrogen-bond acceptors (Lipinski definition) is 5. The third-order valence-electron chi connectivity index (χ3n) is 3.59. The first-order valence-electron chi connectivity index (χ1n) is 7.57. The minimum Gasteiger partial charge on any atom is -0.361 e. The summed E-state index contributed by atoms with van der Waals surface area (Å²) in [4.78, 5) is 12.3. The number of benzene rings is 2. The van der Waals surface area contributed by atoms with E-state index in [-0.39, 0.29) is 21.2 Å². The van der Waals surface area contributed by atoms with Crippen LogP contribution in [0.4, 0.5) is 11.4 Å². The number of rotatable bonds is 5. The Hall–Kier alpha value is -2.36. The highest BCUT2D eigenvalue weighted by atomic mass is 79.9. The monoisotopic (exact) mass is 469 g/mol. The summed E-state index contributed by atoms with van der Waals surface area (Å²) >= 11 is 9.33. The molecule has 10 heteroatoms. The topological polar surface area (TPSA) is 101 Å². The van der Waals surface area contributed by atoms with Gasteiger partial charge in [-0.15, -0.1) is 0 Å². The molecular weight excluding hydrogens is 458 g/mol. The molecule has 0 saturated heterocycles. The van der Waals surface area contributed by atoms with Crippen LogP contribution in [-0.2, 0) is 10.0 Å². The Bertz CT molecular complexity index is 1110. The zero-order valence-electron chi connectivity index (χ0n) is 13.9. The number of aryl methyl sites for hydroxylation is 1. The molecule has 0 radical (unpaired) electrons. The molecule has 1 heterocycles. The molecule has 0 spiro atoms. The summed E-state index contributed by atoms with van der Waals surface area (Å²) in [5.41, 5.74) is 0.766. The van der Waals surface area contributed by atoms with Crippen LogP contribution in [0.15, 0.2) is 62.6 Å². The molecule has 0 aliphatic rings. The molecule has 2 aromatic carbocycles. The van der Waals surface area contributed by atoms with Crippen LogP contribution in [0, 0.1) is 6.92 Å². The molecule has 0 unspecified atom stereocenters. The average molecular weight is 471 g/mol. The molecular formula is C17H13BrClN3O4S. The molecule has 3 rings (SSSR count). The van der Waals surface area contributed by atoms with Gasteiger partial charge in [0.15, 0.2) is 0 Å². The van der Waals surface area contributed by atoms with E-state index in [1.165, 1.54) is 24.4 Å². The molecule has 0 aliphatic carbocycles. The van der Waals surface area contributed by atoms with Crippen molar-refractivity contribution in [2.75, 3.05) is 10.0 Å². The van der Waals surface area contributed by atoms with Crippen LogP contribution < -0.4 is 10.0 Å². The number of carbonyl (C=O) groups excluding carboxylic acids is 1. The minimum atomic E-state index is -3.88. The van der Waals surface area contributed by atoms with E-state index in [4.69, 9.17) is 16.1 Å². The Kier molecular flexibility index (Phi) is 5.54. The third kappa shape index (κ3) is 4.32. The number of carbonyl (C=O) groups is 1. The van der Waals surface area contributed by atoms with Crippen LogP contribution >= 0.6 is 27.5 Å². The first-order chi connectivity index (χ1) is 12.8. The lowest BCUT2D eigenvalue weighted by Gasteiger charge is -2.13. The van der Waals surface area contributed by atoms with Crippen LogP contribution in [0.2, 0.25) is 5.02 Å². The van der Waals surface area contributed by atoms with E-state index in [1.807, 2.05) is 0 Å². The van der Waals surface area contributed by atoms with Gasteiger partial charge >= 0.3 is 0 Å². The predicted molar refractivity (Wildman–Crippen MR) is 106 cm³/mol. The SMILES string of the molecule is Cc1oncc1C(=O)Nc1ccc(Cl)c(NS(=O)(=O)c2ccccc2Br)c1. The molecule has 0 atom stereocenters. The number of nitrogens with zero attached hydrogens (tertiary/aromatic N) is 1. The Morgan fingerprint density at radius 1 is 1.22 bits per heavy atom. The van der Waals surface area contributed by atoms with E-state index in [9.17, 15) is 13.2 Å². The summed E-state index contributed by atoms with van der Waals surface area (Å²) in [7, 11) is -3.88. The number of nitrogens with one attached hydrogen (secondary N) is 2. The van der Waals surface area contributed by atoms with Crippen molar-refractivity contribution in [2.24, 2.45) is 0 Å². The highest BCUT2D eigenvalue weighted by Gasteiger charge is 2.19. The van der Waals surface area contributed by atoms with Gasteiger partial charge in [0.1, 0.15) is 16.2 Å². The lowest BCUT2D eigenvalue weighted by Crippen LogP contribution is -2.15. The number of anilines is 2. The van der Waals surface area contributed by atoms with Crippen molar-refractivity contribution >= 4 is 54.8 Å². The molecule has 0 bridgehead atoms. The van der Waals surface area contributed by atoms with Crippen LogP contribution in [0.25, 0.3) is 0 Å². The zero-order valence-corrected chi connectivity index (χ0v) is 17.0. The second-order valence-electron chi connectivity index (χ2n) is 5.48.